The standard InChI is InChI=1S/C30H26N4/c1-16(2)30-33-27-13-11-24-22-8-4-18(14-20(22)6-10-25(24)29(27)34-30)19-5-9-23-21(15-19)7-12-26-28(23)32-17(3)31-26/h4-6,8-11,13-16H,7,12H2,1-3H3,(H,31,32)(H,33,34). The summed E-state index contributed by atoms with van der Waals surface area (Å²) in [6, 6.07) is 22.6. The first kappa shape index (κ1) is 19.5. The normalized spacial score (nSPS) is 13.2. The van der Waals surface area contributed by atoms with E-state index in [0.29, 0.717) is 5.92 Å². The Hall–Kier alpha value is -3.92. The first-order valence-corrected chi connectivity index (χ1v) is 12.1. The lowest BCUT2D eigenvalue weighted by atomic mass is 9.89. The van der Waals surface area contributed by atoms with Crippen molar-refractivity contribution in [3.63, 3.8) is 0 Å². The van der Waals surface area contributed by atoms with Gasteiger partial charge in [0, 0.05) is 16.9 Å². The molecule has 4 heteroatoms. The van der Waals surface area contributed by atoms with Crippen molar-refractivity contribution in [1.82, 2.24) is 19.9 Å². The maximum atomic E-state index is 4.91. The third-order valence-electron chi connectivity index (χ3n) is 7.27. The Morgan fingerprint density at radius 3 is 2.44 bits per heavy atom. The summed E-state index contributed by atoms with van der Waals surface area (Å²) in [5.41, 5.74) is 9.78. The molecule has 0 bridgehead atoms. The van der Waals surface area contributed by atoms with E-state index in [9.17, 15) is 0 Å². The average molecular weight is 443 g/mol. The maximum absolute atomic E-state index is 4.91. The summed E-state index contributed by atoms with van der Waals surface area (Å²) in [5.74, 6) is 2.42. The van der Waals surface area contributed by atoms with E-state index in [1.54, 1.807) is 0 Å². The summed E-state index contributed by atoms with van der Waals surface area (Å²) in [4.78, 5) is 16.5. The molecule has 2 aromatic heterocycles. The molecule has 0 fully saturated rings. The third-order valence-corrected chi connectivity index (χ3v) is 7.27. The molecule has 1 aliphatic rings. The van der Waals surface area contributed by atoms with Gasteiger partial charge in [-0.2, -0.15) is 0 Å². The Labute approximate surface area is 198 Å². The molecule has 0 saturated heterocycles. The topological polar surface area (TPSA) is 57.4 Å². The van der Waals surface area contributed by atoms with Gasteiger partial charge in [0.2, 0.25) is 0 Å². The van der Waals surface area contributed by atoms with Crippen LogP contribution in [0.3, 0.4) is 0 Å². The number of nitrogens with one attached hydrogen (secondary N) is 2. The molecule has 0 saturated carbocycles. The van der Waals surface area contributed by atoms with Gasteiger partial charge in [0.25, 0.3) is 0 Å². The molecular weight excluding hydrogens is 416 g/mol. The lowest BCUT2D eigenvalue weighted by Gasteiger charge is -2.17. The minimum absolute atomic E-state index is 0.381. The van der Waals surface area contributed by atoms with Gasteiger partial charge in [0.15, 0.2) is 0 Å². The number of imidazole rings is 2. The van der Waals surface area contributed by atoms with E-state index in [2.05, 4.69) is 89.5 Å². The lowest BCUT2D eigenvalue weighted by molar-refractivity contribution is 0.799. The summed E-state index contributed by atoms with van der Waals surface area (Å²) in [6.45, 7) is 6.38. The minimum atomic E-state index is 0.381. The lowest BCUT2D eigenvalue weighted by Crippen LogP contribution is -2.03. The van der Waals surface area contributed by atoms with Crippen LogP contribution in [0.2, 0.25) is 0 Å². The first-order chi connectivity index (χ1) is 16.5. The molecular formula is C30H26N4. The number of hydrogen-bond acceptors (Lipinski definition) is 2. The number of aromatic nitrogens is 4. The molecule has 0 radical (unpaired) electrons. The van der Waals surface area contributed by atoms with Gasteiger partial charge in [-0.05, 0) is 64.7 Å². The van der Waals surface area contributed by atoms with E-state index in [-0.39, 0.29) is 0 Å². The number of aryl methyl sites for hydroxylation is 3. The van der Waals surface area contributed by atoms with Crippen LogP contribution in [0.5, 0.6) is 0 Å². The number of fused-ring (bicyclic) bond motifs is 8. The zero-order valence-electron chi connectivity index (χ0n) is 19.7. The number of aromatic amines is 2. The van der Waals surface area contributed by atoms with Crippen molar-refractivity contribution >= 4 is 32.6 Å². The van der Waals surface area contributed by atoms with E-state index in [4.69, 9.17) is 4.98 Å². The van der Waals surface area contributed by atoms with E-state index in [1.807, 2.05) is 6.92 Å². The number of nitrogens with zero attached hydrogens (tertiary/aromatic N) is 2. The highest BCUT2D eigenvalue weighted by Crippen LogP contribution is 2.37. The van der Waals surface area contributed by atoms with Gasteiger partial charge in [-0.3, -0.25) is 0 Å². The van der Waals surface area contributed by atoms with E-state index in [1.165, 1.54) is 55.2 Å². The van der Waals surface area contributed by atoms with Crippen LogP contribution in [-0.2, 0) is 12.8 Å². The van der Waals surface area contributed by atoms with Gasteiger partial charge in [-0.25, -0.2) is 9.97 Å². The Morgan fingerprint density at radius 1 is 0.765 bits per heavy atom. The largest absolute Gasteiger partial charge is 0.342 e. The predicted molar refractivity (Wildman–Crippen MR) is 140 cm³/mol. The summed E-state index contributed by atoms with van der Waals surface area (Å²) in [5, 5.41) is 4.99. The van der Waals surface area contributed by atoms with Crippen LogP contribution < -0.4 is 0 Å². The molecule has 1 aliphatic carbocycles. The molecule has 0 aliphatic heterocycles. The van der Waals surface area contributed by atoms with Gasteiger partial charge in [-0.1, -0.05) is 62.4 Å². The Bertz CT molecular complexity index is 1750. The highest BCUT2D eigenvalue weighted by Gasteiger charge is 2.20. The van der Waals surface area contributed by atoms with Crippen LogP contribution >= 0.6 is 0 Å². The fourth-order valence-corrected chi connectivity index (χ4v) is 5.51. The molecule has 2 N–H and O–H groups in total. The fourth-order valence-electron chi connectivity index (χ4n) is 5.51. The number of rotatable bonds is 2. The zero-order valence-corrected chi connectivity index (χ0v) is 19.7. The second kappa shape index (κ2) is 7.04. The SMILES string of the molecule is Cc1nc2c([nH]1)-c1ccc(-c3ccc4c(ccc5c4ccc4[nH]c(C(C)C)nc45)c3)cc1CC2. The van der Waals surface area contributed by atoms with Crippen molar-refractivity contribution in [2.24, 2.45) is 0 Å². The Morgan fingerprint density at radius 2 is 1.56 bits per heavy atom. The molecule has 4 aromatic carbocycles. The highest BCUT2D eigenvalue weighted by atomic mass is 14.9. The van der Waals surface area contributed by atoms with E-state index >= 15 is 0 Å². The molecule has 2 heterocycles. The first-order valence-electron chi connectivity index (χ1n) is 12.1. The monoisotopic (exact) mass is 442 g/mol. The molecule has 0 atom stereocenters. The molecule has 7 rings (SSSR count). The molecule has 0 unspecified atom stereocenters. The second-order valence-electron chi connectivity index (χ2n) is 9.85. The van der Waals surface area contributed by atoms with Crippen LogP contribution in [-0.4, -0.2) is 19.9 Å². The Balaban J connectivity index is 1.34. The van der Waals surface area contributed by atoms with Crippen LogP contribution in [0.15, 0.2) is 60.7 Å². The highest BCUT2D eigenvalue weighted by molar-refractivity contribution is 6.16. The smallest absolute Gasteiger partial charge is 0.109 e. The predicted octanol–water partition coefficient (Wildman–Crippen LogP) is 7.46. The van der Waals surface area contributed by atoms with Crippen LogP contribution in [0.1, 0.15) is 42.7 Å². The summed E-state index contributed by atoms with van der Waals surface area (Å²) in [7, 11) is 0. The van der Waals surface area contributed by atoms with E-state index in [0.717, 1.165) is 35.5 Å². The van der Waals surface area contributed by atoms with Crippen molar-refractivity contribution in [3.8, 4) is 22.4 Å². The maximum Gasteiger partial charge on any atom is 0.109 e. The molecule has 34 heavy (non-hydrogen) atoms. The van der Waals surface area contributed by atoms with Gasteiger partial charge >= 0.3 is 0 Å². The quantitative estimate of drug-likeness (QED) is 0.274. The second-order valence-corrected chi connectivity index (χ2v) is 9.85. The average Bonchev–Trinajstić information content (AvgIpc) is 3.46. The van der Waals surface area contributed by atoms with Crippen LogP contribution in [0, 0.1) is 6.92 Å². The van der Waals surface area contributed by atoms with Crippen molar-refractivity contribution in [2.45, 2.75) is 39.5 Å². The minimum Gasteiger partial charge on any atom is -0.342 e. The molecule has 4 nitrogen and oxygen atoms in total. The summed E-state index contributed by atoms with van der Waals surface area (Å²) in [6.07, 6.45) is 2.04. The van der Waals surface area contributed by atoms with Crippen molar-refractivity contribution < 1.29 is 0 Å². The van der Waals surface area contributed by atoms with Crippen molar-refractivity contribution in [3.05, 3.63) is 83.6 Å². The van der Waals surface area contributed by atoms with Crippen LogP contribution in [0.25, 0.3) is 55.0 Å². The Kier molecular flexibility index (Phi) is 4.04. The molecule has 166 valence electrons. The van der Waals surface area contributed by atoms with Gasteiger partial charge in [-0.15, -0.1) is 0 Å². The third kappa shape index (κ3) is 2.84. The van der Waals surface area contributed by atoms with Crippen LogP contribution in [0.4, 0.5) is 0 Å². The van der Waals surface area contributed by atoms with Gasteiger partial charge < -0.3 is 9.97 Å². The number of benzene rings is 4. The van der Waals surface area contributed by atoms with Gasteiger partial charge in [0.05, 0.1) is 22.4 Å². The molecule has 6 aromatic rings. The molecule has 0 spiro atoms. The van der Waals surface area contributed by atoms with E-state index < -0.39 is 0 Å². The number of hydrogen-bond donors (Lipinski definition) is 2. The fraction of sp³-hybridized carbons (Fsp3) is 0.200. The number of H-pyrrole nitrogens is 2. The summed E-state index contributed by atoms with van der Waals surface area (Å²) < 4.78 is 0. The summed E-state index contributed by atoms with van der Waals surface area (Å²) >= 11 is 0. The van der Waals surface area contributed by atoms with Gasteiger partial charge in [0.1, 0.15) is 11.6 Å². The van der Waals surface area contributed by atoms with Crippen molar-refractivity contribution in [2.75, 3.05) is 0 Å². The zero-order chi connectivity index (χ0) is 23.0. The van der Waals surface area contributed by atoms with Crippen molar-refractivity contribution in [1.29, 1.82) is 0 Å². The molecule has 0 amide bonds.